The summed E-state index contributed by atoms with van der Waals surface area (Å²) >= 11 is 0. The molecule has 1 aromatic rings. The van der Waals surface area contributed by atoms with Crippen molar-refractivity contribution in [2.24, 2.45) is 5.92 Å². The lowest BCUT2D eigenvalue weighted by molar-refractivity contribution is 0.200. The first-order valence-corrected chi connectivity index (χ1v) is 6.34. The largest absolute Gasteiger partial charge is 0.396 e. The maximum Gasteiger partial charge on any atom is 0.315 e. The van der Waals surface area contributed by atoms with E-state index in [1.807, 2.05) is 13.8 Å². The van der Waals surface area contributed by atoms with E-state index in [-0.39, 0.29) is 37.0 Å². The summed E-state index contributed by atoms with van der Waals surface area (Å²) in [5.41, 5.74) is 1.29. The van der Waals surface area contributed by atoms with Crippen molar-refractivity contribution in [2.75, 3.05) is 6.61 Å². The summed E-state index contributed by atoms with van der Waals surface area (Å²) in [5, 5.41) is 14.3. The number of amides is 2. The lowest BCUT2D eigenvalue weighted by Crippen LogP contribution is -2.43. The van der Waals surface area contributed by atoms with Crippen LogP contribution < -0.4 is 10.6 Å². The van der Waals surface area contributed by atoms with E-state index in [0.29, 0.717) is 11.1 Å². The average Bonchev–Trinajstić information content (AvgIpc) is 2.39. The molecule has 0 saturated carbocycles. The molecule has 19 heavy (non-hydrogen) atoms. The summed E-state index contributed by atoms with van der Waals surface area (Å²) in [4.78, 5) is 11.6. The Balaban J connectivity index is 2.43. The molecule has 0 fully saturated rings. The highest BCUT2D eigenvalue weighted by Crippen LogP contribution is 2.08. The Morgan fingerprint density at radius 3 is 2.68 bits per heavy atom. The number of hydrogen-bond donors (Lipinski definition) is 3. The number of hydrogen-bond acceptors (Lipinski definition) is 2. The number of carbonyl (C=O) groups excluding carboxylic acids is 1. The molecule has 3 N–H and O–H groups in total. The van der Waals surface area contributed by atoms with Crippen molar-refractivity contribution in [3.63, 3.8) is 0 Å². The van der Waals surface area contributed by atoms with Crippen molar-refractivity contribution >= 4 is 6.03 Å². The molecule has 0 radical (unpaired) electrons. The first-order valence-electron chi connectivity index (χ1n) is 6.34. The molecule has 0 aliphatic heterocycles. The summed E-state index contributed by atoms with van der Waals surface area (Å²) in [5.74, 6) is -0.287. The molecule has 5 heteroatoms. The van der Waals surface area contributed by atoms with Gasteiger partial charge in [0.2, 0.25) is 0 Å². The van der Waals surface area contributed by atoms with E-state index in [4.69, 9.17) is 5.11 Å². The van der Waals surface area contributed by atoms with Gasteiger partial charge in [-0.05, 0) is 37.0 Å². The lowest BCUT2D eigenvalue weighted by atomic mass is 10.1. The van der Waals surface area contributed by atoms with Gasteiger partial charge in [-0.1, -0.05) is 19.1 Å². The van der Waals surface area contributed by atoms with Crippen LogP contribution in [0.25, 0.3) is 0 Å². The molecule has 0 aliphatic carbocycles. The van der Waals surface area contributed by atoms with E-state index in [9.17, 15) is 9.18 Å². The Labute approximate surface area is 113 Å². The normalized spacial score (nSPS) is 13.7. The second-order valence-corrected chi connectivity index (χ2v) is 4.86. The number of aryl methyl sites for hydroxylation is 1. The van der Waals surface area contributed by atoms with Crippen LogP contribution in [0.5, 0.6) is 0 Å². The van der Waals surface area contributed by atoms with Gasteiger partial charge in [-0.2, -0.15) is 0 Å². The molecular formula is C14H21FN2O2. The van der Waals surface area contributed by atoms with Crippen molar-refractivity contribution in [1.29, 1.82) is 0 Å². The molecule has 2 amide bonds. The van der Waals surface area contributed by atoms with Crippen LogP contribution in [0.1, 0.15) is 25.0 Å². The van der Waals surface area contributed by atoms with Crippen LogP contribution in [-0.2, 0) is 6.54 Å². The number of benzene rings is 1. The minimum atomic E-state index is -0.325. The SMILES string of the molecule is Cc1ccc(CNC(=O)NC(C)C(C)CO)cc1F. The van der Waals surface area contributed by atoms with E-state index in [1.54, 1.807) is 19.1 Å². The minimum absolute atomic E-state index is 0.0115. The summed E-state index contributed by atoms with van der Waals surface area (Å²) in [6, 6.07) is 4.42. The fourth-order valence-corrected chi connectivity index (χ4v) is 1.49. The van der Waals surface area contributed by atoms with Crippen molar-refractivity contribution < 1.29 is 14.3 Å². The molecule has 0 heterocycles. The molecular weight excluding hydrogens is 247 g/mol. The van der Waals surface area contributed by atoms with Gasteiger partial charge < -0.3 is 15.7 Å². The Morgan fingerprint density at radius 2 is 2.11 bits per heavy atom. The highest BCUT2D eigenvalue weighted by Gasteiger charge is 2.13. The smallest absolute Gasteiger partial charge is 0.315 e. The number of halogens is 1. The number of urea groups is 1. The summed E-state index contributed by atoms with van der Waals surface area (Å²) < 4.78 is 13.3. The third-order valence-corrected chi connectivity index (χ3v) is 3.19. The Bertz CT molecular complexity index is 437. The van der Waals surface area contributed by atoms with Crippen LogP contribution >= 0.6 is 0 Å². The molecule has 0 bridgehead atoms. The van der Waals surface area contributed by atoms with E-state index in [0.717, 1.165) is 0 Å². The van der Waals surface area contributed by atoms with Gasteiger partial charge in [0.05, 0.1) is 0 Å². The summed E-state index contributed by atoms with van der Waals surface area (Å²) in [6.07, 6.45) is 0. The molecule has 0 aliphatic rings. The molecule has 2 atom stereocenters. The molecule has 1 aromatic carbocycles. The van der Waals surface area contributed by atoms with Gasteiger partial charge >= 0.3 is 6.03 Å². The maximum absolute atomic E-state index is 13.3. The van der Waals surface area contributed by atoms with E-state index in [1.165, 1.54) is 6.07 Å². The molecule has 106 valence electrons. The predicted octanol–water partition coefficient (Wildman–Crippen LogP) is 1.95. The van der Waals surface area contributed by atoms with Gasteiger partial charge in [-0.25, -0.2) is 9.18 Å². The van der Waals surface area contributed by atoms with E-state index >= 15 is 0 Å². The predicted molar refractivity (Wildman–Crippen MR) is 72.2 cm³/mol. The fraction of sp³-hybridized carbons (Fsp3) is 0.500. The van der Waals surface area contributed by atoms with Crippen molar-refractivity contribution in [1.82, 2.24) is 10.6 Å². The molecule has 0 aromatic heterocycles. The van der Waals surface area contributed by atoms with Crippen LogP contribution in [0.2, 0.25) is 0 Å². The number of nitrogens with one attached hydrogen (secondary N) is 2. The standard InChI is InChI=1S/C14H21FN2O2/c1-9-4-5-12(6-13(9)15)7-16-14(19)17-11(3)10(2)8-18/h4-6,10-11,18H,7-8H2,1-3H3,(H2,16,17,19). The van der Waals surface area contributed by atoms with Gasteiger partial charge in [-0.15, -0.1) is 0 Å². The number of aliphatic hydroxyl groups is 1. The number of rotatable bonds is 5. The molecule has 1 rings (SSSR count). The first kappa shape index (κ1) is 15.4. The Kier molecular flexibility index (Phi) is 5.76. The highest BCUT2D eigenvalue weighted by atomic mass is 19.1. The average molecular weight is 268 g/mol. The zero-order chi connectivity index (χ0) is 14.4. The quantitative estimate of drug-likeness (QED) is 0.764. The Hall–Kier alpha value is -1.62. The van der Waals surface area contributed by atoms with Crippen LogP contribution in [0, 0.1) is 18.7 Å². The Morgan fingerprint density at radius 1 is 1.42 bits per heavy atom. The fourth-order valence-electron chi connectivity index (χ4n) is 1.49. The number of carbonyl (C=O) groups is 1. The van der Waals surface area contributed by atoms with Crippen LogP contribution in [0.15, 0.2) is 18.2 Å². The zero-order valence-electron chi connectivity index (χ0n) is 11.5. The van der Waals surface area contributed by atoms with Crippen molar-refractivity contribution in [3.05, 3.63) is 35.1 Å². The lowest BCUT2D eigenvalue weighted by Gasteiger charge is -2.19. The highest BCUT2D eigenvalue weighted by molar-refractivity contribution is 5.74. The third kappa shape index (κ3) is 4.87. The van der Waals surface area contributed by atoms with Crippen LogP contribution in [0.4, 0.5) is 9.18 Å². The first-order chi connectivity index (χ1) is 8.93. The third-order valence-electron chi connectivity index (χ3n) is 3.19. The topological polar surface area (TPSA) is 61.4 Å². The molecule has 0 spiro atoms. The number of aliphatic hydroxyl groups excluding tert-OH is 1. The molecule has 4 nitrogen and oxygen atoms in total. The summed E-state index contributed by atoms with van der Waals surface area (Å²) in [7, 11) is 0. The minimum Gasteiger partial charge on any atom is -0.396 e. The molecule has 2 unspecified atom stereocenters. The van der Waals surface area contributed by atoms with E-state index in [2.05, 4.69) is 10.6 Å². The van der Waals surface area contributed by atoms with Crippen molar-refractivity contribution in [3.8, 4) is 0 Å². The van der Waals surface area contributed by atoms with Crippen LogP contribution in [-0.4, -0.2) is 23.8 Å². The van der Waals surface area contributed by atoms with Crippen molar-refractivity contribution in [2.45, 2.75) is 33.4 Å². The van der Waals surface area contributed by atoms with E-state index < -0.39 is 0 Å². The van der Waals surface area contributed by atoms with Crippen LogP contribution in [0.3, 0.4) is 0 Å². The zero-order valence-corrected chi connectivity index (χ0v) is 11.5. The van der Waals surface area contributed by atoms with Gasteiger partial charge in [0.15, 0.2) is 0 Å². The second-order valence-electron chi connectivity index (χ2n) is 4.86. The van der Waals surface area contributed by atoms with Gasteiger partial charge in [0.25, 0.3) is 0 Å². The van der Waals surface area contributed by atoms with Gasteiger partial charge in [0.1, 0.15) is 5.82 Å². The second kappa shape index (κ2) is 7.09. The van der Waals surface area contributed by atoms with Gasteiger partial charge in [0, 0.05) is 19.2 Å². The summed E-state index contributed by atoms with van der Waals surface area (Å²) in [6.45, 7) is 5.65. The monoisotopic (exact) mass is 268 g/mol. The van der Waals surface area contributed by atoms with Gasteiger partial charge in [-0.3, -0.25) is 0 Å². The maximum atomic E-state index is 13.3. The molecule has 0 saturated heterocycles.